The van der Waals surface area contributed by atoms with Crippen LogP contribution >= 0.6 is 0 Å². The molecule has 1 aliphatic rings. The first-order valence-electron chi connectivity index (χ1n) is 8.68. The van der Waals surface area contributed by atoms with Crippen molar-refractivity contribution in [3.05, 3.63) is 60.2 Å². The normalized spacial score (nSPS) is 15.0. The van der Waals surface area contributed by atoms with E-state index in [-0.39, 0.29) is 12.5 Å². The maximum atomic E-state index is 11.9. The van der Waals surface area contributed by atoms with Crippen LogP contribution in [0.25, 0.3) is 0 Å². The second kappa shape index (κ2) is 8.53. The molecule has 0 atom stereocenters. The Labute approximate surface area is 149 Å². The van der Waals surface area contributed by atoms with Crippen LogP contribution in [0.3, 0.4) is 0 Å². The van der Waals surface area contributed by atoms with Gasteiger partial charge >= 0.3 is 0 Å². The molecule has 0 bridgehead atoms. The highest BCUT2D eigenvalue weighted by molar-refractivity contribution is 5.77. The number of likely N-dealkylation sites (N-methyl/N-ethyl adjacent to an activating group) is 1. The maximum absolute atomic E-state index is 11.9. The quantitative estimate of drug-likeness (QED) is 0.876. The summed E-state index contributed by atoms with van der Waals surface area (Å²) in [6.45, 7) is 4.86. The summed E-state index contributed by atoms with van der Waals surface area (Å²) in [5.41, 5.74) is 2.33. The molecule has 0 unspecified atom stereocenters. The third-order valence-corrected chi connectivity index (χ3v) is 4.41. The predicted octanol–water partition coefficient (Wildman–Crippen LogP) is 2.13. The summed E-state index contributed by atoms with van der Waals surface area (Å²) in [4.78, 5) is 16.6. The van der Waals surface area contributed by atoms with Crippen LogP contribution in [0.15, 0.2) is 54.6 Å². The Hall–Kier alpha value is -2.53. The summed E-state index contributed by atoms with van der Waals surface area (Å²) >= 11 is 0. The Balaban J connectivity index is 1.43. The average molecular weight is 339 g/mol. The zero-order valence-electron chi connectivity index (χ0n) is 14.6. The fourth-order valence-electron chi connectivity index (χ4n) is 2.81. The average Bonchev–Trinajstić information content (AvgIpc) is 2.67. The van der Waals surface area contributed by atoms with E-state index in [4.69, 9.17) is 4.74 Å². The molecule has 5 heteroatoms. The van der Waals surface area contributed by atoms with Crippen molar-refractivity contribution in [2.24, 2.45) is 0 Å². The van der Waals surface area contributed by atoms with Crippen molar-refractivity contribution in [3.63, 3.8) is 0 Å². The molecular weight excluding hydrogens is 314 g/mol. The summed E-state index contributed by atoms with van der Waals surface area (Å²) in [6.07, 6.45) is 0. The number of hydrogen-bond donors (Lipinski definition) is 1. The van der Waals surface area contributed by atoms with Crippen molar-refractivity contribution in [1.82, 2.24) is 10.2 Å². The first-order chi connectivity index (χ1) is 12.2. The molecule has 0 saturated carbocycles. The number of piperazine rings is 1. The molecule has 0 radical (unpaired) electrons. The Kier molecular flexibility index (Phi) is 5.90. The second-order valence-electron chi connectivity index (χ2n) is 6.34. The minimum atomic E-state index is -0.119. The van der Waals surface area contributed by atoms with E-state index < -0.39 is 0 Å². The number of ether oxygens (including phenoxy) is 1. The molecule has 2 aromatic rings. The number of para-hydroxylation sites is 1. The van der Waals surface area contributed by atoms with Crippen LogP contribution in [0, 0.1) is 0 Å². The molecule has 5 nitrogen and oxygen atoms in total. The third kappa shape index (κ3) is 5.22. The van der Waals surface area contributed by atoms with Crippen molar-refractivity contribution in [2.45, 2.75) is 6.54 Å². The van der Waals surface area contributed by atoms with Crippen LogP contribution in [-0.2, 0) is 11.3 Å². The van der Waals surface area contributed by atoms with Gasteiger partial charge in [-0.2, -0.15) is 0 Å². The first-order valence-corrected chi connectivity index (χ1v) is 8.68. The number of benzene rings is 2. The molecule has 0 spiro atoms. The SMILES string of the molecule is CN1CCN(c2ccc(CNC(=O)COc3ccccc3)cc2)CC1. The van der Waals surface area contributed by atoms with Gasteiger partial charge in [-0.05, 0) is 36.9 Å². The van der Waals surface area contributed by atoms with E-state index in [2.05, 4.69) is 46.4 Å². The third-order valence-electron chi connectivity index (χ3n) is 4.41. The van der Waals surface area contributed by atoms with Crippen molar-refractivity contribution in [1.29, 1.82) is 0 Å². The van der Waals surface area contributed by atoms with Gasteiger partial charge < -0.3 is 19.9 Å². The summed E-state index contributed by atoms with van der Waals surface area (Å²) in [5.74, 6) is 0.584. The molecule has 1 fully saturated rings. The van der Waals surface area contributed by atoms with Gasteiger partial charge in [-0.25, -0.2) is 0 Å². The van der Waals surface area contributed by atoms with E-state index >= 15 is 0 Å². The summed E-state index contributed by atoms with van der Waals surface area (Å²) in [6, 6.07) is 17.8. The van der Waals surface area contributed by atoms with E-state index in [9.17, 15) is 4.79 Å². The lowest BCUT2D eigenvalue weighted by molar-refractivity contribution is -0.123. The fraction of sp³-hybridized carbons (Fsp3) is 0.350. The van der Waals surface area contributed by atoms with Gasteiger partial charge in [0.2, 0.25) is 0 Å². The standard InChI is InChI=1S/C20H25N3O2/c1-22-11-13-23(14-12-22)18-9-7-17(8-10-18)15-21-20(24)16-25-19-5-3-2-4-6-19/h2-10H,11-16H2,1H3,(H,21,24). The van der Waals surface area contributed by atoms with Gasteiger partial charge in [-0.15, -0.1) is 0 Å². The van der Waals surface area contributed by atoms with Gasteiger partial charge in [-0.3, -0.25) is 4.79 Å². The second-order valence-corrected chi connectivity index (χ2v) is 6.34. The number of amides is 1. The lowest BCUT2D eigenvalue weighted by Crippen LogP contribution is -2.44. The Morgan fingerprint density at radius 3 is 2.36 bits per heavy atom. The molecule has 0 aliphatic carbocycles. The minimum absolute atomic E-state index is 0.0311. The Bertz CT molecular complexity index is 665. The summed E-state index contributed by atoms with van der Waals surface area (Å²) in [7, 11) is 2.16. The van der Waals surface area contributed by atoms with Gasteiger partial charge in [0.25, 0.3) is 5.91 Å². The van der Waals surface area contributed by atoms with Crippen molar-refractivity contribution in [2.75, 3.05) is 44.7 Å². The Morgan fingerprint density at radius 1 is 1.00 bits per heavy atom. The van der Waals surface area contributed by atoms with E-state index in [0.29, 0.717) is 12.3 Å². The molecule has 2 aromatic carbocycles. The monoisotopic (exact) mass is 339 g/mol. The number of carbonyl (C=O) groups excluding carboxylic acids is 1. The molecule has 1 aliphatic heterocycles. The van der Waals surface area contributed by atoms with Gasteiger partial charge in [0.05, 0.1) is 0 Å². The molecule has 25 heavy (non-hydrogen) atoms. The van der Waals surface area contributed by atoms with Crippen molar-refractivity contribution in [3.8, 4) is 5.75 Å². The molecule has 0 aromatic heterocycles. The highest BCUT2D eigenvalue weighted by Gasteiger charge is 2.13. The van der Waals surface area contributed by atoms with E-state index in [1.165, 1.54) is 5.69 Å². The summed E-state index contributed by atoms with van der Waals surface area (Å²) < 4.78 is 5.44. The minimum Gasteiger partial charge on any atom is -0.484 e. The zero-order valence-corrected chi connectivity index (χ0v) is 14.6. The largest absolute Gasteiger partial charge is 0.484 e. The lowest BCUT2D eigenvalue weighted by Gasteiger charge is -2.34. The van der Waals surface area contributed by atoms with Crippen LogP contribution < -0.4 is 15.0 Å². The molecule has 1 heterocycles. The van der Waals surface area contributed by atoms with Crippen LogP contribution in [0.5, 0.6) is 5.75 Å². The highest BCUT2D eigenvalue weighted by Crippen LogP contribution is 2.17. The number of carbonyl (C=O) groups is 1. The van der Waals surface area contributed by atoms with Gasteiger partial charge in [0.1, 0.15) is 5.75 Å². The van der Waals surface area contributed by atoms with Crippen LogP contribution in [0.2, 0.25) is 0 Å². The van der Waals surface area contributed by atoms with E-state index in [1.807, 2.05) is 30.3 Å². The number of rotatable bonds is 6. The van der Waals surface area contributed by atoms with Gasteiger partial charge in [0, 0.05) is 38.4 Å². The number of hydrogen-bond acceptors (Lipinski definition) is 4. The smallest absolute Gasteiger partial charge is 0.258 e. The lowest BCUT2D eigenvalue weighted by atomic mass is 10.2. The van der Waals surface area contributed by atoms with E-state index in [1.54, 1.807) is 0 Å². The van der Waals surface area contributed by atoms with Crippen molar-refractivity contribution < 1.29 is 9.53 Å². The maximum Gasteiger partial charge on any atom is 0.258 e. The van der Waals surface area contributed by atoms with Gasteiger partial charge in [0.15, 0.2) is 6.61 Å². The molecule has 1 N–H and O–H groups in total. The zero-order chi connectivity index (χ0) is 17.5. The van der Waals surface area contributed by atoms with Crippen LogP contribution in [0.4, 0.5) is 5.69 Å². The predicted molar refractivity (Wildman–Crippen MR) is 99.9 cm³/mol. The van der Waals surface area contributed by atoms with E-state index in [0.717, 1.165) is 31.7 Å². The van der Waals surface area contributed by atoms with Crippen LogP contribution in [-0.4, -0.2) is 50.6 Å². The molecular formula is C20H25N3O2. The molecule has 1 amide bonds. The van der Waals surface area contributed by atoms with Gasteiger partial charge in [-0.1, -0.05) is 30.3 Å². The molecule has 1 saturated heterocycles. The number of anilines is 1. The van der Waals surface area contributed by atoms with Crippen LogP contribution in [0.1, 0.15) is 5.56 Å². The molecule has 132 valence electrons. The first kappa shape index (κ1) is 17.3. The number of nitrogens with zero attached hydrogens (tertiary/aromatic N) is 2. The number of nitrogens with one attached hydrogen (secondary N) is 1. The van der Waals surface area contributed by atoms with Crippen molar-refractivity contribution >= 4 is 11.6 Å². The topological polar surface area (TPSA) is 44.8 Å². The fourth-order valence-corrected chi connectivity index (χ4v) is 2.81. The summed E-state index contributed by atoms with van der Waals surface area (Å²) in [5, 5.41) is 2.89. The molecule has 3 rings (SSSR count). The highest BCUT2D eigenvalue weighted by atomic mass is 16.5. The Morgan fingerprint density at radius 2 is 1.68 bits per heavy atom.